The molecule has 0 rings (SSSR count). The van der Waals surface area contributed by atoms with Gasteiger partial charge in [-0.25, -0.2) is 0 Å². The van der Waals surface area contributed by atoms with Gasteiger partial charge in [-0.1, -0.05) is 25.7 Å². The second kappa shape index (κ2) is 9.58. The molecule has 0 saturated carbocycles. The van der Waals surface area contributed by atoms with Crippen LogP contribution < -0.4 is 0 Å². The fraction of sp³-hybridized carbons (Fsp3) is 1.00. The van der Waals surface area contributed by atoms with Crippen LogP contribution in [-0.4, -0.2) is 11.8 Å². The molecule has 0 radical (unpaired) electrons. The molecular weight excluding hydrogens is 167 g/mol. The van der Waals surface area contributed by atoms with Gasteiger partial charge in [-0.05, 0) is 12.8 Å². The second-order valence-corrected chi connectivity index (χ2v) is 3.26. The Bertz CT molecular complexity index is 47.2. The van der Waals surface area contributed by atoms with Gasteiger partial charge in [0.1, 0.15) is 0 Å². The monoisotopic (exact) mass is 182 g/mol. The van der Waals surface area contributed by atoms with E-state index in [1.807, 2.05) is 0 Å². The predicted molar refractivity (Wildman–Crippen MR) is 49.1 cm³/mol. The topological polar surface area (TPSA) is 0 Å². The molecule has 0 bridgehead atoms. The van der Waals surface area contributed by atoms with Crippen LogP contribution in [0.25, 0.3) is 0 Å². The number of rotatable bonds is 7. The van der Waals surface area contributed by atoms with E-state index in [2.05, 4.69) is 0 Å². The van der Waals surface area contributed by atoms with Crippen LogP contribution in [0.1, 0.15) is 38.5 Å². The maximum absolute atomic E-state index is 5.52. The second-order valence-electron chi connectivity index (χ2n) is 2.50. The van der Waals surface area contributed by atoms with Crippen molar-refractivity contribution < 1.29 is 0 Å². The number of alkyl halides is 2. The molecular formula is C8H16Cl2. The van der Waals surface area contributed by atoms with Crippen LogP contribution >= 0.6 is 23.2 Å². The highest BCUT2D eigenvalue weighted by Gasteiger charge is 1.88. The average molecular weight is 183 g/mol. The number of hydrogen-bond donors (Lipinski definition) is 0. The number of unbranched alkanes of at least 4 members (excludes halogenated alkanes) is 5. The Morgan fingerprint density at radius 1 is 0.500 bits per heavy atom. The van der Waals surface area contributed by atoms with Gasteiger partial charge in [-0.2, -0.15) is 0 Å². The molecule has 0 aliphatic heterocycles. The van der Waals surface area contributed by atoms with Crippen LogP contribution in [0.4, 0.5) is 0 Å². The maximum atomic E-state index is 5.52. The molecule has 62 valence electrons. The molecule has 2 heteroatoms. The zero-order valence-electron chi connectivity index (χ0n) is 6.41. The molecule has 0 unspecified atom stereocenters. The lowest BCUT2D eigenvalue weighted by atomic mass is 10.1. The number of hydrogen-bond acceptors (Lipinski definition) is 0. The van der Waals surface area contributed by atoms with E-state index >= 15 is 0 Å². The molecule has 0 saturated heterocycles. The summed E-state index contributed by atoms with van der Waals surface area (Å²) in [6, 6.07) is 0. The lowest BCUT2D eigenvalue weighted by molar-refractivity contribution is 0.627. The quantitative estimate of drug-likeness (QED) is 0.416. The largest absolute Gasteiger partial charge is 0.127 e. The summed E-state index contributed by atoms with van der Waals surface area (Å²) >= 11 is 11.0. The molecule has 10 heavy (non-hydrogen) atoms. The third-order valence-corrected chi connectivity index (χ3v) is 2.05. The fourth-order valence-electron chi connectivity index (χ4n) is 0.896. The lowest BCUT2D eigenvalue weighted by Crippen LogP contribution is -1.80. The lowest BCUT2D eigenvalue weighted by Gasteiger charge is -1.96. The van der Waals surface area contributed by atoms with Crippen molar-refractivity contribution in [2.45, 2.75) is 38.5 Å². The summed E-state index contributed by atoms with van der Waals surface area (Å²) in [6.45, 7) is 0. The Kier molecular flexibility index (Phi) is 10.1. The first-order chi connectivity index (χ1) is 4.91. The van der Waals surface area contributed by atoms with Crippen LogP contribution in [-0.2, 0) is 0 Å². The first kappa shape index (κ1) is 10.6. The van der Waals surface area contributed by atoms with E-state index in [0.717, 1.165) is 11.8 Å². The van der Waals surface area contributed by atoms with Crippen LogP contribution in [0.2, 0.25) is 0 Å². The smallest absolute Gasteiger partial charge is 0.0223 e. The Balaban J connectivity index is 2.65. The van der Waals surface area contributed by atoms with E-state index < -0.39 is 0 Å². The highest BCUT2D eigenvalue weighted by molar-refractivity contribution is 6.18. The van der Waals surface area contributed by atoms with Gasteiger partial charge >= 0.3 is 0 Å². The average Bonchev–Trinajstić information content (AvgIpc) is 1.97. The zero-order chi connectivity index (χ0) is 7.66. The molecule has 0 N–H and O–H groups in total. The minimum atomic E-state index is 0.815. The third kappa shape index (κ3) is 8.58. The van der Waals surface area contributed by atoms with E-state index in [1.165, 1.54) is 38.5 Å². The van der Waals surface area contributed by atoms with Crippen molar-refractivity contribution in [1.29, 1.82) is 0 Å². The molecule has 0 aromatic heterocycles. The molecule has 0 nitrogen and oxygen atoms in total. The summed E-state index contributed by atoms with van der Waals surface area (Å²) in [6.07, 6.45) is 7.55. The van der Waals surface area contributed by atoms with Crippen molar-refractivity contribution in [3.63, 3.8) is 0 Å². The van der Waals surface area contributed by atoms with E-state index in [-0.39, 0.29) is 0 Å². The van der Waals surface area contributed by atoms with Gasteiger partial charge in [0.2, 0.25) is 0 Å². The highest BCUT2D eigenvalue weighted by atomic mass is 35.5. The van der Waals surface area contributed by atoms with Gasteiger partial charge in [-0.15, -0.1) is 23.2 Å². The first-order valence-electron chi connectivity index (χ1n) is 4.03. The van der Waals surface area contributed by atoms with Crippen molar-refractivity contribution in [3.8, 4) is 0 Å². The molecule has 0 aromatic carbocycles. The van der Waals surface area contributed by atoms with Gasteiger partial charge in [0.15, 0.2) is 0 Å². The Morgan fingerprint density at radius 2 is 0.800 bits per heavy atom. The molecule has 0 aliphatic rings. The summed E-state index contributed by atoms with van der Waals surface area (Å²) in [5.74, 6) is 1.63. The van der Waals surface area contributed by atoms with Crippen molar-refractivity contribution in [1.82, 2.24) is 0 Å². The van der Waals surface area contributed by atoms with E-state index in [1.54, 1.807) is 0 Å². The van der Waals surface area contributed by atoms with Gasteiger partial charge in [-0.3, -0.25) is 0 Å². The maximum Gasteiger partial charge on any atom is 0.0223 e. The molecule has 0 heterocycles. The molecule has 0 aliphatic carbocycles. The highest BCUT2D eigenvalue weighted by Crippen LogP contribution is 2.06. The van der Waals surface area contributed by atoms with Crippen molar-refractivity contribution in [3.05, 3.63) is 0 Å². The molecule has 0 fully saturated rings. The first-order valence-corrected chi connectivity index (χ1v) is 5.10. The van der Waals surface area contributed by atoms with E-state index in [9.17, 15) is 0 Å². The van der Waals surface area contributed by atoms with Crippen molar-refractivity contribution in [2.24, 2.45) is 0 Å². The normalized spacial score (nSPS) is 10.2. The van der Waals surface area contributed by atoms with Gasteiger partial charge in [0.05, 0.1) is 0 Å². The summed E-state index contributed by atoms with van der Waals surface area (Å²) in [5, 5.41) is 0. The predicted octanol–water partition coefficient (Wildman–Crippen LogP) is 3.80. The molecule has 0 spiro atoms. The Labute approximate surface area is 73.9 Å². The molecule has 0 aromatic rings. The summed E-state index contributed by atoms with van der Waals surface area (Å²) < 4.78 is 0. The fourth-order valence-corrected chi connectivity index (χ4v) is 1.27. The minimum absolute atomic E-state index is 0.815. The minimum Gasteiger partial charge on any atom is -0.127 e. The summed E-state index contributed by atoms with van der Waals surface area (Å²) in [4.78, 5) is 0. The van der Waals surface area contributed by atoms with Gasteiger partial charge in [0, 0.05) is 11.8 Å². The summed E-state index contributed by atoms with van der Waals surface area (Å²) in [7, 11) is 0. The SMILES string of the molecule is ClCCCCCCCCCl. The standard InChI is InChI=1S/C8H16Cl2/c9-7-5-3-1-2-4-6-8-10/h1-8H2. The third-order valence-electron chi connectivity index (χ3n) is 1.52. The van der Waals surface area contributed by atoms with Crippen LogP contribution in [0, 0.1) is 0 Å². The Hall–Kier alpha value is 0.580. The van der Waals surface area contributed by atoms with Crippen molar-refractivity contribution in [2.75, 3.05) is 11.8 Å². The number of halogens is 2. The van der Waals surface area contributed by atoms with Gasteiger partial charge in [0.25, 0.3) is 0 Å². The Morgan fingerprint density at radius 3 is 1.10 bits per heavy atom. The van der Waals surface area contributed by atoms with E-state index in [4.69, 9.17) is 23.2 Å². The zero-order valence-corrected chi connectivity index (χ0v) is 7.92. The molecule has 0 amide bonds. The van der Waals surface area contributed by atoms with Crippen LogP contribution in [0.5, 0.6) is 0 Å². The van der Waals surface area contributed by atoms with Gasteiger partial charge < -0.3 is 0 Å². The van der Waals surface area contributed by atoms with E-state index in [0.29, 0.717) is 0 Å². The molecule has 0 atom stereocenters. The summed E-state index contributed by atoms with van der Waals surface area (Å²) in [5.41, 5.74) is 0. The van der Waals surface area contributed by atoms with Crippen LogP contribution in [0.15, 0.2) is 0 Å². The van der Waals surface area contributed by atoms with Crippen LogP contribution in [0.3, 0.4) is 0 Å². The van der Waals surface area contributed by atoms with Crippen molar-refractivity contribution >= 4 is 23.2 Å².